The molecule has 0 aromatic heterocycles. The van der Waals surface area contributed by atoms with Crippen molar-refractivity contribution in [2.24, 2.45) is 0 Å². The predicted molar refractivity (Wildman–Crippen MR) is 92.0 cm³/mol. The zero-order chi connectivity index (χ0) is 14.7. The molecule has 0 fully saturated rings. The first-order valence-corrected chi connectivity index (χ1v) is 8.38. The number of aryl methyl sites for hydroxylation is 2. The summed E-state index contributed by atoms with van der Waals surface area (Å²) in [7, 11) is 0. The van der Waals surface area contributed by atoms with Crippen LogP contribution in [0.1, 0.15) is 41.5 Å². The molecule has 106 valence electrons. The molecule has 2 aromatic carbocycles. The second-order valence-electron chi connectivity index (χ2n) is 4.77. The largest absolute Gasteiger partial charge is 0.113 e. The smallest absolute Gasteiger partial charge is 0.0852 e. The van der Waals surface area contributed by atoms with Crippen LogP contribution in [0, 0.1) is 0 Å². The van der Waals surface area contributed by atoms with Gasteiger partial charge in [0, 0.05) is 9.50 Å². The zero-order valence-electron chi connectivity index (χ0n) is 11.6. The molecule has 0 spiro atoms. The summed E-state index contributed by atoms with van der Waals surface area (Å²) in [5, 5.41) is 0.486. The molecule has 1 atom stereocenters. The van der Waals surface area contributed by atoms with Crippen molar-refractivity contribution in [3.05, 3.63) is 68.1 Å². The fourth-order valence-electron chi connectivity index (χ4n) is 2.30. The number of hydrogen-bond donors (Lipinski definition) is 0. The Kier molecular flexibility index (Phi) is 5.54. The first-order chi connectivity index (χ1) is 9.56. The molecule has 0 N–H and O–H groups in total. The van der Waals surface area contributed by atoms with Gasteiger partial charge in [0.05, 0.1) is 5.38 Å². The Morgan fingerprint density at radius 1 is 1.00 bits per heavy atom. The highest BCUT2D eigenvalue weighted by molar-refractivity contribution is 9.10. The van der Waals surface area contributed by atoms with Crippen molar-refractivity contribution in [2.75, 3.05) is 0 Å². The summed E-state index contributed by atoms with van der Waals surface area (Å²) >= 11 is 16.5. The van der Waals surface area contributed by atoms with Gasteiger partial charge in [0.15, 0.2) is 0 Å². The maximum absolute atomic E-state index is 6.70. The minimum absolute atomic E-state index is 0.211. The van der Waals surface area contributed by atoms with Crippen molar-refractivity contribution in [1.29, 1.82) is 0 Å². The Balaban J connectivity index is 2.48. The molecule has 0 heterocycles. The van der Waals surface area contributed by atoms with E-state index in [2.05, 4.69) is 48.0 Å². The molecule has 0 saturated heterocycles. The molecule has 0 aliphatic heterocycles. The van der Waals surface area contributed by atoms with Crippen LogP contribution in [-0.2, 0) is 12.8 Å². The van der Waals surface area contributed by atoms with Crippen molar-refractivity contribution < 1.29 is 0 Å². The third-order valence-corrected chi connectivity index (χ3v) is 4.80. The number of rotatable bonds is 4. The molecule has 1 unspecified atom stereocenters. The standard InChI is InChI=1S/C17H17BrCl2/c1-3-11-5-6-12(4-2)15(9-11)17(20)14-8-7-13(18)10-16(14)19/h5-10,17H,3-4H2,1-2H3. The van der Waals surface area contributed by atoms with Gasteiger partial charge in [0.25, 0.3) is 0 Å². The van der Waals surface area contributed by atoms with E-state index in [0.29, 0.717) is 5.02 Å². The van der Waals surface area contributed by atoms with Crippen molar-refractivity contribution in [3.63, 3.8) is 0 Å². The maximum atomic E-state index is 6.70. The molecule has 3 heteroatoms. The van der Waals surface area contributed by atoms with Gasteiger partial charge in [-0.05, 0) is 47.2 Å². The third kappa shape index (κ3) is 3.39. The lowest BCUT2D eigenvalue weighted by molar-refractivity contribution is 1.02. The predicted octanol–water partition coefficient (Wildman–Crippen LogP) is 6.56. The molecule has 0 bridgehead atoms. The molecule has 0 amide bonds. The lowest BCUT2D eigenvalue weighted by atomic mass is 9.95. The van der Waals surface area contributed by atoms with Gasteiger partial charge in [-0.2, -0.15) is 0 Å². The average molecular weight is 372 g/mol. The van der Waals surface area contributed by atoms with Crippen LogP contribution < -0.4 is 0 Å². The molecule has 0 aliphatic rings. The summed E-state index contributed by atoms with van der Waals surface area (Å²) < 4.78 is 0.966. The van der Waals surface area contributed by atoms with Crippen LogP contribution >= 0.6 is 39.1 Å². The Bertz CT molecular complexity index is 608. The van der Waals surface area contributed by atoms with Crippen LogP contribution in [0.15, 0.2) is 40.9 Å². The van der Waals surface area contributed by atoms with E-state index in [1.54, 1.807) is 0 Å². The zero-order valence-corrected chi connectivity index (χ0v) is 14.7. The maximum Gasteiger partial charge on any atom is 0.0852 e. The molecule has 20 heavy (non-hydrogen) atoms. The number of alkyl halides is 1. The SMILES string of the molecule is CCc1ccc(CC)c(C(Cl)c2ccc(Br)cc2Cl)c1. The number of hydrogen-bond acceptors (Lipinski definition) is 0. The third-order valence-electron chi connectivity index (χ3n) is 3.51. The summed E-state index contributed by atoms with van der Waals surface area (Å²) in [6.45, 7) is 4.30. The first kappa shape index (κ1) is 15.9. The lowest BCUT2D eigenvalue weighted by Gasteiger charge is -2.17. The van der Waals surface area contributed by atoms with E-state index in [1.807, 2.05) is 18.2 Å². The monoisotopic (exact) mass is 370 g/mol. The van der Waals surface area contributed by atoms with Gasteiger partial charge in [-0.1, -0.05) is 65.6 Å². The Labute approximate surface area is 139 Å². The van der Waals surface area contributed by atoms with Crippen LogP contribution in [0.4, 0.5) is 0 Å². The van der Waals surface area contributed by atoms with Crippen molar-refractivity contribution in [2.45, 2.75) is 32.1 Å². The van der Waals surface area contributed by atoms with Gasteiger partial charge in [-0.25, -0.2) is 0 Å². The van der Waals surface area contributed by atoms with E-state index < -0.39 is 0 Å². The second kappa shape index (κ2) is 6.98. The summed E-state index contributed by atoms with van der Waals surface area (Å²) in [5.74, 6) is 0. The van der Waals surface area contributed by atoms with Gasteiger partial charge < -0.3 is 0 Å². The minimum Gasteiger partial charge on any atom is -0.113 e. The number of benzene rings is 2. The average Bonchev–Trinajstić information content (AvgIpc) is 2.46. The highest BCUT2D eigenvalue weighted by Gasteiger charge is 2.17. The quantitative estimate of drug-likeness (QED) is 0.534. The van der Waals surface area contributed by atoms with Crippen LogP contribution in [0.2, 0.25) is 5.02 Å². The van der Waals surface area contributed by atoms with E-state index in [-0.39, 0.29) is 5.38 Å². The Morgan fingerprint density at radius 2 is 1.75 bits per heavy atom. The fourth-order valence-corrected chi connectivity index (χ4v) is 3.53. The van der Waals surface area contributed by atoms with E-state index in [4.69, 9.17) is 23.2 Å². The molecule has 0 aliphatic carbocycles. The summed E-state index contributed by atoms with van der Waals surface area (Å²) in [5.41, 5.74) is 4.70. The van der Waals surface area contributed by atoms with Crippen molar-refractivity contribution in [1.82, 2.24) is 0 Å². The van der Waals surface area contributed by atoms with E-state index >= 15 is 0 Å². The van der Waals surface area contributed by atoms with Gasteiger partial charge in [0.2, 0.25) is 0 Å². The normalized spacial score (nSPS) is 12.4. The molecule has 2 rings (SSSR count). The van der Waals surface area contributed by atoms with Gasteiger partial charge >= 0.3 is 0 Å². The van der Waals surface area contributed by atoms with Crippen molar-refractivity contribution >= 4 is 39.1 Å². The first-order valence-electron chi connectivity index (χ1n) is 6.77. The molecular weight excluding hydrogens is 355 g/mol. The van der Waals surface area contributed by atoms with E-state index in [0.717, 1.165) is 28.4 Å². The van der Waals surface area contributed by atoms with Gasteiger partial charge in [-0.15, -0.1) is 11.6 Å². The van der Waals surface area contributed by atoms with Crippen molar-refractivity contribution in [3.8, 4) is 0 Å². The van der Waals surface area contributed by atoms with Crippen LogP contribution in [0.25, 0.3) is 0 Å². The highest BCUT2D eigenvalue weighted by Crippen LogP contribution is 2.37. The highest BCUT2D eigenvalue weighted by atomic mass is 79.9. The van der Waals surface area contributed by atoms with E-state index in [9.17, 15) is 0 Å². The van der Waals surface area contributed by atoms with Crippen LogP contribution in [0.3, 0.4) is 0 Å². The van der Waals surface area contributed by atoms with Gasteiger partial charge in [0.1, 0.15) is 0 Å². The Morgan fingerprint density at radius 3 is 2.35 bits per heavy atom. The molecule has 2 aromatic rings. The molecule has 0 saturated carbocycles. The molecule has 0 nitrogen and oxygen atoms in total. The van der Waals surface area contributed by atoms with Crippen LogP contribution in [0.5, 0.6) is 0 Å². The van der Waals surface area contributed by atoms with E-state index in [1.165, 1.54) is 11.1 Å². The summed E-state index contributed by atoms with van der Waals surface area (Å²) in [6, 6.07) is 12.4. The molecule has 0 radical (unpaired) electrons. The second-order valence-corrected chi connectivity index (χ2v) is 6.53. The minimum atomic E-state index is -0.211. The lowest BCUT2D eigenvalue weighted by Crippen LogP contribution is -2.01. The van der Waals surface area contributed by atoms with Gasteiger partial charge in [-0.3, -0.25) is 0 Å². The van der Waals surface area contributed by atoms with Crippen LogP contribution in [-0.4, -0.2) is 0 Å². The summed E-state index contributed by atoms with van der Waals surface area (Å²) in [6.07, 6.45) is 1.98. The Hall–Kier alpha value is -0.500. The summed E-state index contributed by atoms with van der Waals surface area (Å²) in [4.78, 5) is 0. The fraction of sp³-hybridized carbons (Fsp3) is 0.294. The molecular formula is C17H17BrCl2. The number of halogens is 3. The topological polar surface area (TPSA) is 0 Å².